The molecule has 0 aromatic carbocycles. The maximum Gasteiger partial charge on any atom is 0.338 e. The quantitative estimate of drug-likeness (QED) is 0.794. The summed E-state index contributed by atoms with van der Waals surface area (Å²) < 4.78 is 27.2. The van der Waals surface area contributed by atoms with Gasteiger partial charge < -0.3 is 14.8 Å². The third kappa shape index (κ3) is 2.70. The molecule has 1 aromatic heterocycles. The predicted molar refractivity (Wildman–Crippen MR) is 60.2 cm³/mol. The molecule has 1 aliphatic rings. The van der Waals surface area contributed by atoms with E-state index in [0.29, 0.717) is 6.42 Å². The van der Waals surface area contributed by atoms with Crippen molar-refractivity contribution in [3.05, 3.63) is 23.7 Å². The molecule has 2 N–H and O–H groups in total. The van der Waals surface area contributed by atoms with Crippen molar-refractivity contribution in [2.24, 2.45) is 0 Å². The molecule has 1 aromatic rings. The molecule has 0 radical (unpaired) electrons. The van der Waals surface area contributed by atoms with Gasteiger partial charge in [-0.15, -0.1) is 0 Å². The zero-order valence-corrected chi connectivity index (χ0v) is 10.1. The largest absolute Gasteiger partial charge is 0.478 e. The van der Waals surface area contributed by atoms with Gasteiger partial charge in [0.05, 0.1) is 17.1 Å². The van der Waals surface area contributed by atoms with E-state index in [4.69, 9.17) is 9.52 Å². The Morgan fingerprint density at radius 1 is 1.44 bits per heavy atom. The Labute approximate surface area is 103 Å². The van der Waals surface area contributed by atoms with Gasteiger partial charge in [-0.1, -0.05) is 0 Å². The third-order valence-corrected chi connectivity index (χ3v) is 4.41. The number of carboxylic acids is 1. The predicted octanol–water partition coefficient (Wildman–Crippen LogP) is -0.105. The van der Waals surface area contributed by atoms with E-state index in [9.17, 15) is 18.0 Å². The van der Waals surface area contributed by atoms with Gasteiger partial charge in [-0.05, 0) is 6.42 Å². The van der Waals surface area contributed by atoms with Crippen LogP contribution in [-0.2, 0) is 9.84 Å². The van der Waals surface area contributed by atoms with Crippen LogP contribution in [-0.4, -0.2) is 42.9 Å². The molecule has 0 saturated carbocycles. The minimum atomic E-state index is -3.07. The summed E-state index contributed by atoms with van der Waals surface area (Å²) in [5.41, 5.74) is -0.126. The van der Waals surface area contributed by atoms with Crippen LogP contribution in [0.2, 0.25) is 0 Å². The van der Waals surface area contributed by atoms with E-state index in [1.165, 1.54) is 0 Å². The van der Waals surface area contributed by atoms with Gasteiger partial charge in [0.1, 0.15) is 6.26 Å². The number of sulfone groups is 1. The van der Waals surface area contributed by atoms with Crippen molar-refractivity contribution >= 4 is 21.7 Å². The summed E-state index contributed by atoms with van der Waals surface area (Å²) in [4.78, 5) is 22.3. The summed E-state index contributed by atoms with van der Waals surface area (Å²) in [5, 5.41) is 11.2. The van der Waals surface area contributed by atoms with Gasteiger partial charge in [-0.3, -0.25) is 4.79 Å². The first-order valence-electron chi connectivity index (χ1n) is 5.20. The Hall–Kier alpha value is -1.83. The molecule has 98 valence electrons. The average molecular weight is 273 g/mol. The van der Waals surface area contributed by atoms with Crippen LogP contribution in [0.1, 0.15) is 27.3 Å². The van der Waals surface area contributed by atoms with Crippen LogP contribution in [0.4, 0.5) is 0 Å². The highest BCUT2D eigenvalue weighted by molar-refractivity contribution is 7.91. The van der Waals surface area contributed by atoms with Crippen LogP contribution in [0.15, 0.2) is 16.7 Å². The molecule has 1 atom stereocenters. The highest BCUT2D eigenvalue weighted by Gasteiger charge is 2.29. The zero-order valence-electron chi connectivity index (χ0n) is 9.25. The van der Waals surface area contributed by atoms with Crippen LogP contribution >= 0.6 is 0 Å². The fourth-order valence-corrected chi connectivity index (χ4v) is 3.41. The molecule has 1 aliphatic heterocycles. The minimum Gasteiger partial charge on any atom is -0.478 e. The van der Waals surface area contributed by atoms with Crippen molar-refractivity contribution in [3.63, 3.8) is 0 Å². The first-order valence-corrected chi connectivity index (χ1v) is 7.02. The van der Waals surface area contributed by atoms with Crippen molar-refractivity contribution in [3.8, 4) is 0 Å². The second kappa shape index (κ2) is 4.45. The molecule has 0 spiro atoms. The highest BCUT2D eigenvalue weighted by atomic mass is 32.2. The second-order valence-corrected chi connectivity index (χ2v) is 6.31. The lowest BCUT2D eigenvalue weighted by molar-refractivity contribution is 0.0695. The number of aromatic carboxylic acids is 1. The smallest absolute Gasteiger partial charge is 0.338 e. The van der Waals surface area contributed by atoms with E-state index in [-0.39, 0.29) is 22.8 Å². The zero-order chi connectivity index (χ0) is 13.3. The molecular weight excluding hydrogens is 262 g/mol. The van der Waals surface area contributed by atoms with Crippen molar-refractivity contribution in [1.82, 2.24) is 5.32 Å². The van der Waals surface area contributed by atoms with Crippen LogP contribution in [0.3, 0.4) is 0 Å². The van der Waals surface area contributed by atoms with Gasteiger partial charge in [0.2, 0.25) is 0 Å². The SMILES string of the molecule is O=C(O)c1coc(C(=O)NC2CCS(=O)(=O)C2)c1. The summed E-state index contributed by atoms with van der Waals surface area (Å²) >= 11 is 0. The Morgan fingerprint density at radius 2 is 2.17 bits per heavy atom. The number of amides is 1. The average Bonchev–Trinajstić information content (AvgIpc) is 2.85. The monoisotopic (exact) mass is 273 g/mol. The fourth-order valence-electron chi connectivity index (χ4n) is 1.73. The van der Waals surface area contributed by atoms with Crippen molar-refractivity contribution < 1.29 is 27.5 Å². The standard InChI is InChI=1S/C10H11NO6S/c12-9(8-3-6(4-17-8)10(13)14)11-7-1-2-18(15,16)5-7/h3-4,7H,1-2,5H2,(H,11,12)(H,13,14). The summed E-state index contributed by atoms with van der Waals surface area (Å²) in [6, 6.07) is 0.655. The first-order chi connectivity index (χ1) is 8.37. The lowest BCUT2D eigenvalue weighted by Crippen LogP contribution is -2.35. The molecule has 1 fully saturated rings. The Balaban J connectivity index is 2.02. The fraction of sp³-hybridized carbons (Fsp3) is 0.400. The van der Waals surface area contributed by atoms with Crippen LogP contribution < -0.4 is 5.32 Å². The Kier molecular flexibility index (Phi) is 3.12. The van der Waals surface area contributed by atoms with Gasteiger partial charge in [0.15, 0.2) is 15.6 Å². The number of carbonyl (C=O) groups is 2. The van der Waals surface area contributed by atoms with Crippen molar-refractivity contribution in [1.29, 1.82) is 0 Å². The maximum absolute atomic E-state index is 11.7. The van der Waals surface area contributed by atoms with Crippen LogP contribution in [0.25, 0.3) is 0 Å². The van der Waals surface area contributed by atoms with E-state index >= 15 is 0 Å². The number of carbonyl (C=O) groups excluding carboxylic acids is 1. The molecular formula is C10H11NO6S. The lowest BCUT2D eigenvalue weighted by atomic mass is 10.2. The first kappa shape index (κ1) is 12.6. The summed E-state index contributed by atoms with van der Waals surface area (Å²) in [6.07, 6.45) is 1.32. The summed E-state index contributed by atoms with van der Waals surface area (Å²) in [5.74, 6) is -1.98. The number of carboxylic acid groups (broad SMARTS) is 1. The molecule has 1 amide bonds. The van der Waals surface area contributed by atoms with Crippen molar-refractivity contribution in [2.45, 2.75) is 12.5 Å². The minimum absolute atomic E-state index is 0.0521. The summed E-state index contributed by atoms with van der Waals surface area (Å²) in [6.45, 7) is 0. The van der Waals surface area contributed by atoms with E-state index < -0.39 is 27.8 Å². The molecule has 1 unspecified atom stereocenters. The maximum atomic E-state index is 11.7. The molecule has 2 heterocycles. The van der Waals surface area contributed by atoms with Gasteiger partial charge in [0, 0.05) is 12.1 Å². The number of nitrogens with one attached hydrogen (secondary N) is 1. The Morgan fingerprint density at radius 3 is 2.67 bits per heavy atom. The molecule has 0 bridgehead atoms. The van der Waals surface area contributed by atoms with E-state index in [2.05, 4.69) is 5.32 Å². The lowest BCUT2D eigenvalue weighted by Gasteiger charge is -2.08. The van der Waals surface area contributed by atoms with E-state index in [1.54, 1.807) is 0 Å². The molecule has 8 heteroatoms. The van der Waals surface area contributed by atoms with Gasteiger partial charge >= 0.3 is 5.97 Å². The normalized spacial score (nSPS) is 21.7. The van der Waals surface area contributed by atoms with Crippen LogP contribution in [0.5, 0.6) is 0 Å². The number of hydrogen-bond donors (Lipinski definition) is 2. The molecule has 1 saturated heterocycles. The molecule has 2 rings (SSSR count). The van der Waals surface area contributed by atoms with E-state index in [0.717, 1.165) is 12.3 Å². The van der Waals surface area contributed by atoms with Crippen molar-refractivity contribution in [2.75, 3.05) is 11.5 Å². The topological polar surface area (TPSA) is 114 Å². The molecule has 18 heavy (non-hydrogen) atoms. The number of rotatable bonds is 3. The Bertz CT molecular complexity index is 587. The van der Waals surface area contributed by atoms with Gasteiger partial charge in [-0.2, -0.15) is 0 Å². The van der Waals surface area contributed by atoms with E-state index in [1.807, 2.05) is 0 Å². The third-order valence-electron chi connectivity index (χ3n) is 2.64. The van der Waals surface area contributed by atoms with Crippen LogP contribution in [0, 0.1) is 0 Å². The van der Waals surface area contributed by atoms with Gasteiger partial charge in [0.25, 0.3) is 5.91 Å². The summed E-state index contributed by atoms with van der Waals surface area (Å²) in [7, 11) is -3.07. The highest BCUT2D eigenvalue weighted by Crippen LogP contribution is 2.13. The number of hydrogen-bond acceptors (Lipinski definition) is 5. The molecule has 7 nitrogen and oxygen atoms in total. The number of furan rings is 1. The van der Waals surface area contributed by atoms with Gasteiger partial charge in [-0.25, -0.2) is 13.2 Å². The molecule has 0 aliphatic carbocycles. The second-order valence-electron chi connectivity index (χ2n) is 4.08.